The standard InChI is InChI=1S/C27H44N6O3S/c1-19(2)33-13-7-20(8-14-33)28-26-21-17-23(35-3)24(36-15-6-12-32-10-4-5-11-32)18-22(21)29-27(31-26)30-25(34)9-16-37/h17-20,25,34,37H,4-16H2,1-3H3,(H2,28,29,30,31). The molecular formula is C27H44N6O3S. The normalized spacial score (nSPS) is 18.4. The molecule has 1 aromatic carbocycles. The van der Waals surface area contributed by atoms with Gasteiger partial charge in [-0.3, -0.25) is 0 Å². The average Bonchev–Trinajstić information content (AvgIpc) is 3.40. The molecule has 0 spiro atoms. The molecule has 9 nitrogen and oxygen atoms in total. The molecule has 2 aliphatic heterocycles. The van der Waals surface area contributed by atoms with Crippen molar-refractivity contribution in [3.63, 3.8) is 0 Å². The SMILES string of the molecule is COc1cc2c(NC3CCN(C(C)C)CC3)nc(NC(O)CCS)nc2cc1OCCCN1CCCC1. The fourth-order valence-corrected chi connectivity index (χ4v) is 5.40. The van der Waals surface area contributed by atoms with Crippen LogP contribution in [0.25, 0.3) is 10.9 Å². The van der Waals surface area contributed by atoms with Crippen LogP contribution < -0.4 is 20.1 Å². The Bertz CT molecular complexity index is 996. The summed E-state index contributed by atoms with van der Waals surface area (Å²) in [5, 5.41) is 17.9. The molecule has 2 saturated heterocycles. The second kappa shape index (κ2) is 13.7. The molecule has 0 radical (unpaired) electrons. The lowest BCUT2D eigenvalue weighted by Crippen LogP contribution is -2.42. The number of piperidine rings is 1. The van der Waals surface area contributed by atoms with Gasteiger partial charge in [0.2, 0.25) is 5.95 Å². The third-order valence-corrected chi connectivity index (χ3v) is 7.61. The predicted molar refractivity (Wildman–Crippen MR) is 153 cm³/mol. The monoisotopic (exact) mass is 532 g/mol. The van der Waals surface area contributed by atoms with Gasteiger partial charge in [0.25, 0.3) is 0 Å². The van der Waals surface area contributed by atoms with Crippen molar-refractivity contribution in [2.75, 3.05) is 62.8 Å². The second-order valence-corrected chi connectivity index (χ2v) is 10.8. The molecule has 37 heavy (non-hydrogen) atoms. The molecular weight excluding hydrogens is 488 g/mol. The fourth-order valence-electron chi connectivity index (χ4n) is 5.16. The van der Waals surface area contributed by atoms with Crippen molar-refractivity contribution in [2.45, 2.75) is 70.7 Å². The summed E-state index contributed by atoms with van der Waals surface area (Å²) >= 11 is 4.23. The van der Waals surface area contributed by atoms with E-state index in [1.807, 2.05) is 12.1 Å². The molecule has 2 aromatic rings. The molecule has 4 rings (SSSR count). The number of fused-ring (bicyclic) bond motifs is 1. The molecule has 0 saturated carbocycles. The molecule has 3 heterocycles. The maximum atomic E-state index is 10.3. The van der Waals surface area contributed by atoms with Gasteiger partial charge >= 0.3 is 0 Å². The van der Waals surface area contributed by atoms with Crippen LogP contribution in [0, 0.1) is 0 Å². The van der Waals surface area contributed by atoms with E-state index in [4.69, 9.17) is 19.4 Å². The first-order chi connectivity index (χ1) is 18.0. The van der Waals surface area contributed by atoms with Crippen molar-refractivity contribution >= 4 is 35.3 Å². The van der Waals surface area contributed by atoms with E-state index in [1.165, 1.54) is 25.9 Å². The zero-order chi connectivity index (χ0) is 26.2. The van der Waals surface area contributed by atoms with E-state index in [-0.39, 0.29) is 0 Å². The number of aromatic nitrogens is 2. The number of benzene rings is 1. The number of rotatable bonds is 13. The lowest BCUT2D eigenvalue weighted by molar-refractivity contribution is 0.177. The molecule has 0 bridgehead atoms. The van der Waals surface area contributed by atoms with Crippen molar-refractivity contribution < 1.29 is 14.6 Å². The van der Waals surface area contributed by atoms with Gasteiger partial charge in [-0.05, 0) is 70.9 Å². The van der Waals surface area contributed by atoms with Crippen molar-refractivity contribution in [1.82, 2.24) is 19.8 Å². The molecule has 0 aliphatic carbocycles. The van der Waals surface area contributed by atoms with Gasteiger partial charge < -0.3 is 35.0 Å². The summed E-state index contributed by atoms with van der Waals surface area (Å²) in [5.41, 5.74) is 0.744. The number of nitrogens with one attached hydrogen (secondary N) is 2. The van der Waals surface area contributed by atoms with Crippen LogP contribution >= 0.6 is 12.6 Å². The number of aliphatic hydroxyl groups is 1. The van der Waals surface area contributed by atoms with Crippen molar-refractivity contribution in [3.8, 4) is 11.5 Å². The van der Waals surface area contributed by atoms with Crippen molar-refractivity contribution in [2.24, 2.45) is 0 Å². The molecule has 0 amide bonds. The third-order valence-electron chi connectivity index (χ3n) is 7.36. The van der Waals surface area contributed by atoms with Gasteiger partial charge in [0.1, 0.15) is 12.0 Å². The van der Waals surface area contributed by atoms with Crippen LogP contribution in [0.15, 0.2) is 12.1 Å². The molecule has 2 fully saturated rings. The third kappa shape index (κ3) is 7.75. The van der Waals surface area contributed by atoms with Gasteiger partial charge in [0.15, 0.2) is 11.5 Å². The Kier molecular flexibility index (Phi) is 10.4. The maximum absolute atomic E-state index is 10.3. The summed E-state index contributed by atoms with van der Waals surface area (Å²) in [6.45, 7) is 10.7. The summed E-state index contributed by atoms with van der Waals surface area (Å²) in [6, 6.07) is 4.76. The van der Waals surface area contributed by atoms with E-state index >= 15 is 0 Å². The highest BCUT2D eigenvalue weighted by Gasteiger charge is 2.23. The van der Waals surface area contributed by atoms with E-state index in [1.54, 1.807) is 7.11 Å². The van der Waals surface area contributed by atoms with Gasteiger partial charge in [0, 0.05) is 49.6 Å². The molecule has 206 valence electrons. The van der Waals surface area contributed by atoms with E-state index < -0.39 is 6.23 Å². The number of aliphatic hydroxyl groups excluding tert-OH is 1. The second-order valence-electron chi connectivity index (χ2n) is 10.4. The first kappa shape index (κ1) is 28.0. The first-order valence-electron chi connectivity index (χ1n) is 13.8. The number of thiol groups is 1. The molecule has 2 aliphatic rings. The van der Waals surface area contributed by atoms with E-state index in [0.717, 1.165) is 55.6 Å². The number of likely N-dealkylation sites (tertiary alicyclic amines) is 2. The fraction of sp³-hybridized carbons (Fsp3) is 0.704. The highest BCUT2D eigenvalue weighted by Crippen LogP contribution is 2.35. The number of hydrogen-bond acceptors (Lipinski definition) is 10. The van der Waals surface area contributed by atoms with E-state index in [9.17, 15) is 5.11 Å². The van der Waals surface area contributed by atoms with Gasteiger partial charge in [-0.15, -0.1) is 0 Å². The van der Waals surface area contributed by atoms with Crippen LogP contribution in [-0.4, -0.2) is 95.4 Å². The lowest BCUT2D eigenvalue weighted by atomic mass is 10.0. The number of nitrogens with zero attached hydrogens (tertiary/aromatic N) is 4. The zero-order valence-electron chi connectivity index (χ0n) is 22.6. The first-order valence-corrected chi connectivity index (χ1v) is 14.4. The van der Waals surface area contributed by atoms with Gasteiger partial charge in [-0.1, -0.05) is 0 Å². The minimum Gasteiger partial charge on any atom is -0.493 e. The molecule has 1 unspecified atom stereocenters. The van der Waals surface area contributed by atoms with Crippen LogP contribution in [0.4, 0.5) is 11.8 Å². The van der Waals surface area contributed by atoms with Gasteiger partial charge in [0.05, 0.1) is 19.2 Å². The Hall–Kier alpha value is -2.01. The predicted octanol–water partition coefficient (Wildman–Crippen LogP) is 3.84. The minimum absolute atomic E-state index is 0.316. The van der Waals surface area contributed by atoms with E-state index in [0.29, 0.717) is 48.3 Å². The minimum atomic E-state index is -0.767. The van der Waals surface area contributed by atoms with E-state index in [2.05, 4.69) is 46.9 Å². The summed E-state index contributed by atoms with van der Waals surface area (Å²) in [4.78, 5) is 14.5. The maximum Gasteiger partial charge on any atom is 0.227 e. The number of anilines is 2. The number of ether oxygens (including phenoxy) is 2. The summed E-state index contributed by atoms with van der Waals surface area (Å²) in [6.07, 6.45) is 5.38. The molecule has 10 heteroatoms. The Morgan fingerprint density at radius 1 is 1.11 bits per heavy atom. The van der Waals surface area contributed by atoms with Gasteiger partial charge in [-0.25, -0.2) is 4.98 Å². The Morgan fingerprint density at radius 3 is 2.54 bits per heavy atom. The highest BCUT2D eigenvalue weighted by atomic mass is 32.1. The molecule has 3 N–H and O–H groups in total. The zero-order valence-corrected chi connectivity index (χ0v) is 23.5. The largest absolute Gasteiger partial charge is 0.493 e. The van der Waals surface area contributed by atoms with Crippen molar-refractivity contribution in [1.29, 1.82) is 0 Å². The Balaban J connectivity index is 1.54. The summed E-state index contributed by atoms with van der Waals surface area (Å²) < 4.78 is 11.9. The smallest absolute Gasteiger partial charge is 0.227 e. The summed E-state index contributed by atoms with van der Waals surface area (Å²) in [7, 11) is 1.66. The highest BCUT2D eigenvalue weighted by molar-refractivity contribution is 7.80. The summed E-state index contributed by atoms with van der Waals surface area (Å²) in [5.74, 6) is 3.04. The lowest BCUT2D eigenvalue weighted by Gasteiger charge is -2.35. The van der Waals surface area contributed by atoms with Crippen molar-refractivity contribution in [3.05, 3.63) is 12.1 Å². The van der Waals surface area contributed by atoms with Crippen LogP contribution in [0.2, 0.25) is 0 Å². The molecule has 1 aromatic heterocycles. The van der Waals surface area contributed by atoms with Crippen LogP contribution in [0.1, 0.15) is 52.4 Å². The quantitative estimate of drug-likeness (QED) is 0.174. The van der Waals surface area contributed by atoms with Gasteiger partial charge in [-0.2, -0.15) is 17.6 Å². The van der Waals surface area contributed by atoms with Crippen LogP contribution in [0.3, 0.4) is 0 Å². The average molecular weight is 533 g/mol. The Morgan fingerprint density at radius 2 is 1.86 bits per heavy atom. The topological polar surface area (TPSA) is 95.0 Å². The number of hydrogen-bond donors (Lipinski definition) is 4. The Labute approximate surface area is 226 Å². The van der Waals surface area contributed by atoms with Crippen LogP contribution in [0.5, 0.6) is 11.5 Å². The molecule has 1 atom stereocenters. The number of methoxy groups -OCH3 is 1. The van der Waals surface area contributed by atoms with Crippen LogP contribution in [-0.2, 0) is 0 Å².